The van der Waals surface area contributed by atoms with Crippen molar-refractivity contribution >= 4 is 29.2 Å². The number of anilines is 1. The number of hydrogen-bond donors (Lipinski definition) is 2. The Morgan fingerprint density at radius 1 is 1.11 bits per heavy atom. The molecule has 0 bridgehead atoms. The maximum absolute atomic E-state index is 13.3. The molecular weight excluding hydrogens is 387 g/mol. The molecule has 0 aliphatic heterocycles. The van der Waals surface area contributed by atoms with Crippen molar-refractivity contribution in [2.75, 3.05) is 5.32 Å². The van der Waals surface area contributed by atoms with Crippen LogP contribution in [0, 0.1) is 0 Å². The molecule has 0 spiro atoms. The Hall–Kier alpha value is -2.74. The zero-order valence-corrected chi connectivity index (χ0v) is 15.0. The van der Waals surface area contributed by atoms with Crippen molar-refractivity contribution in [3.05, 3.63) is 58.1 Å². The summed E-state index contributed by atoms with van der Waals surface area (Å²) in [5.41, 5.74) is -1.25. The number of rotatable bonds is 5. The largest absolute Gasteiger partial charge is 0.489 e. The maximum Gasteiger partial charge on any atom is 0.420 e. The molecule has 0 saturated carbocycles. The first-order valence-electron chi connectivity index (χ1n) is 7.71. The van der Waals surface area contributed by atoms with Crippen LogP contribution in [0.5, 0.6) is 5.75 Å². The van der Waals surface area contributed by atoms with E-state index in [-0.39, 0.29) is 21.8 Å². The Bertz CT molecular complexity index is 864. The quantitative estimate of drug-likeness (QED) is 0.731. The van der Waals surface area contributed by atoms with E-state index in [4.69, 9.17) is 21.4 Å². The van der Waals surface area contributed by atoms with E-state index in [1.165, 1.54) is 24.3 Å². The van der Waals surface area contributed by atoms with Crippen LogP contribution in [0.3, 0.4) is 0 Å². The van der Waals surface area contributed by atoms with Crippen molar-refractivity contribution in [2.45, 2.75) is 26.1 Å². The van der Waals surface area contributed by atoms with Gasteiger partial charge in [0.25, 0.3) is 5.91 Å². The summed E-state index contributed by atoms with van der Waals surface area (Å²) in [6.07, 6.45) is -5.32. The number of amides is 1. The molecule has 5 nitrogen and oxygen atoms in total. The standard InChI is InChI=1S/C18H15ClF3NO4/c1-9(2)27-15-13(18(20,21)22)7-11(8-14(15)19)16(24)23-12-5-3-10(4-6-12)17(25)26/h3-9H,1-2H3,(H,23,24)(H,25,26). The number of halogens is 4. The molecular formula is C18H15ClF3NO4. The van der Waals surface area contributed by atoms with E-state index in [1.54, 1.807) is 13.8 Å². The van der Waals surface area contributed by atoms with Gasteiger partial charge >= 0.3 is 12.1 Å². The van der Waals surface area contributed by atoms with Gasteiger partial charge < -0.3 is 15.2 Å². The monoisotopic (exact) mass is 401 g/mol. The minimum atomic E-state index is -4.77. The number of carboxylic acid groups (broad SMARTS) is 1. The first-order valence-corrected chi connectivity index (χ1v) is 8.09. The average Bonchev–Trinajstić information content (AvgIpc) is 2.55. The Morgan fingerprint density at radius 2 is 1.70 bits per heavy atom. The third-order valence-electron chi connectivity index (χ3n) is 3.35. The van der Waals surface area contributed by atoms with Crippen molar-refractivity contribution < 1.29 is 32.6 Å². The molecule has 144 valence electrons. The molecule has 0 atom stereocenters. The number of carbonyl (C=O) groups is 2. The van der Waals surface area contributed by atoms with Crippen molar-refractivity contribution in [3.63, 3.8) is 0 Å². The normalized spacial score (nSPS) is 11.4. The summed E-state index contributed by atoms with van der Waals surface area (Å²) in [6, 6.07) is 6.89. The number of ether oxygens (including phenoxy) is 1. The van der Waals surface area contributed by atoms with E-state index in [0.717, 1.165) is 6.07 Å². The Labute approximate surface area is 157 Å². The first kappa shape index (κ1) is 20.6. The molecule has 2 rings (SSSR count). The van der Waals surface area contributed by atoms with Gasteiger partial charge in [0.05, 0.1) is 22.3 Å². The highest BCUT2D eigenvalue weighted by Crippen LogP contribution is 2.41. The molecule has 0 aliphatic carbocycles. The van der Waals surface area contributed by atoms with Crippen LogP contribution in [0.4, 0.5) is 18.9 Å². The van der Waals surface area contributed by atoms with Crippen LogP contribution in [-0.4, -0.2) is 23.1 Å². The molecule has 1 amide bonds. The van der Waals surface area contributed by atoms with Gasteiger partial charge in [-0.05, 0) is 50.2 Å². The second kappa shape index (κ2) is 7.87. The summed E-state index contributed by atoms with van der Waals surface area (Å²) in [5.74, 6) is -2.52. The van der Waals surface area contributed by atoms with Crippen LogP contribution < -0.4 is 10.1 Å². The summed E-state index contributed by atoms with van der Waals surface area (Å²) in [7, 11) is 0. The summed E-state index contributed by atoms with van der Waals surface area (Å²) in [4.78, 5) is 23.1. The van der Waals surface area contributed by atoms with Gasteiger partial charge in [-0.3, -0.25) is 4.79 Å². The van der Waals surface area contributed by atoms with Crippen LogP contribution in [-0.2, 0) is 6.18 Å². The summed E-state index contributed by atoms with van der Waals surface area (Å²) >= 11 is 5.92. The predicted octanol–water partition coefficient (Wildman–Crippen LogP) is 5.10. The summed E-state index contributed by atoms with van der Waals surface area (Å²) < 4.78 is 45.2. The van der Waals surface area contributed by atoms with Crippen LogP contribution in [0.25, 0.3) is 0 Å². The molecule has 9 heteroatoms. The van der Waals surface area contributed by atoms with Gasteiger partial charge in [-0.2, -0.15) is 13.2 Å². The van der Waals surface area contributed by atoms with E-state index < -0.39 is 35.5 Å². The SMILES string of the molecule is CC(C)Oc1c(Cl)cc(C(=O)Nc2ccc(C(=O)O)cc2)cc1C(F)(F)F. The van der Waals surface area contributed by atoms with Crippen molar-refractivity contribution in [1.29, 1.82) is 0 Å². The number of nitrogens with one attached hydrogen (secondary N) is 1. The van der Waals surface area contributed by atoms with Crippen molar-refractivity contribution in [2.24, 2.45) is 0 Å². The number of carbonyl (C=O) groups excluding carboxylic acids is 1. The zero-order valence-electron chi connectivity index (χ0n) is 14.2. The molecule has 0 heterocycles. The van der Waals surface area contributed by atoms with Gasteiger partial charge in [-0.1, -0.05) is 11.6 Å². The minimum absolute atomic E-state index is 0.00517. The Morgan fingerprint density at radius 3 is 2.19 bits per heavy atom. The third-order valence-corrected chi connectivity index (χ3v) is 3.64. The lowest BCUT2D eigenvalue weighted by atomic mass is 10.1. The second-order valence-corrected chi connectivity index (χ2v) is 6.24. The summed E-state index contributed by atoms with van der Waals surface area (Å²) in [5, 5.41) is 10.9. The lowest BCUT2D eigenvalue weighted by molar-refractivity contribution is -0.139. The highest BCUT2D eigenvalue weighted by Gasteiger charge is 2.37. The van der Waals surface area contributed by atoms with E-state index in [2.05, 4.69) is 5.32 Å². The number of hydrogen-bond acceptors (Lipinski definition) is 3. The lowest BCUT2D eigenvalue weighted by Crippen LogP contribution is -2.17. The average molecular weight is 402 g/mol. The number of carboxylic acids is 1. The zero-order chi connectivity index (χ0) is 20.4. The van der Waals surface area contributed by atoms with E-state index >= 15 is 0 Å². The fourth-order valence-corrected chi connectivity index (χ4v) is 2.45. The molecule has 2 N–H and O–H groups in total. The molecule has 0 fully saturated rings. The highest BCUT2D eigenvalue weighted by molar-refractivity contribution is 6.32. The molecule has 2 aromatic carbocycles. The van der Waals surface area contributed by atoms with Gasteiger partial charge in [0.1, 0.15) is 0 Å². The van der Waals surface area contributed by atoms with Crippen LogP contribution in [0.1, 0.15) is 40.1 Å². The molecule has 0 radical (unpaired) electrons. The van der Waals surface area contributed by atoms with Crippen LogP contribution >= 0.6 is 11.6 Å². The number of aromatic carboxylic acids is 1. The van der Waals surface area contributed by atoms with Crippen LogP contribution in [0.15, 0.2) is 36.4 Å². The Kier molecular flexibility index (Phi) is 6.00. The summed E-state index contributed by atoms with van der Waals surface area (Å²) in [6.45, 7) is 3.11. The van der Waals surface area contributed by atoms with Gasteiger partial charge in [0.2, 0.25) is 0 Å². The van der Waals surface area contributed by atoms with Gasteiger partial charge in [0, 0.05) is 11.3 Å². The van der Waals surface area contributed by atoms with E-state index in [0.29, 0.717) is 6.07 Å². The Balaban J connectivity index is 2.35. The van der Waals surface area contributed by atoms with Crippen LogP contribution in [0.2, 0.25) is 5.02 Å². The van der Waals surface area contributed by atoms with E-state index in [9.17, 15) is 22.8 Å². The number of alkyl halides is 3. The second-order valence-electron chi connectivity index (χ2n) is 5.84. The molecule has 27 heavy (non-hydrogen) atoms. The molecule has 0 aliphatic rings. The third kappa shape index (κ3) is 5.13. The van der Waals surface area contributed by atoms with Gasteiger partial charge in [0.15, 0.2) is 5.75 Å². The van der Waals surface area contributed by atoms with Gasteiger partial charge in [-0.25, -0.2) is 4.79 Å². The van der Waals surface area contributed by atoms with Crippen molar-refractivity contribution in [3.8, 4) is 5.75 Å². The molecule has 2 aromatic rings. The molecule has 0 aromatic heterocycles. The minimum Gasteiger partial charge on any atom is -0.489 e. The smallest absolute Gasteiger partial charge is 0.420 e. The molecule has 0 unspecified atom stereocenters. The lowest BCUT2D eigenvalue weighted by Gasteiger charge is -2.19. The fraction of sp³-hybridized carbons (Fsp3) is 0.222. The van der Waals surface area contributed by atoms with Crippen molar-refractivity contribution in [1.82, 2.24) is 0 Å². The maximum atomic E-state index is 13.3. The highest BCUT2D eigenvalue weighted by atomic mass is 35.5. The fourth-order valence-electron chi connectivity index (χ4n) is 2.19. The first-order chi connectivity index (χ1) is 12.5. The molecule has 0 saturated heterocycles. The number of benzene rings is 2. The van der Waals surface area contributed by atoms with Gasteiger partial charge in [-0.15, -0.1) is 0 Å². The van der Waals surface area contributed by atoms with E-state index in [1.807, 2.05) is 0 Å². The predicted molar refractivity (Wildman–Crippen MR) is 93.6 cm³/mol. The topological polar surface area (TPSA) is 75.6 Å².